The summed E-state index contributed by atoms with van der Waals surface area (Å²) < 4.78 is 27.3. The number of hydrogen-bond acceptors (Lipinski definition) is 3. The molecule has 1 aliphatic carbocycles. The minimum Gasteiger partial charge on any atom is -0.320 e. The van der Waals surface area contributed by atoms with Gasteiger partial charge in [0, 0.05) is 12.1 Å². The Morgan fingerprint density at radius 2 is 2.14 bits per heavy atom. The molecular weight excluding hydrogens is 308 g/mol. The Morgan fingerprint density at radius 1 is 1.43 bits per heavy atom. The monoisotopic (exact) mass is 326 g/mol. The summed E-state index contributed by atoms with van der Waals surface area (Å²) in [4.78, 5) is 0.0883. The first kappa shape index (κ1) is 16.3. The van der Waals surface area contributed by atoms with E-state index in [2.05, 4.69) is 23.5 Å². The Balaban J connectivity index is 2.16. The van der Waals surface area contributed by atoms with Crippen molar-refractivity contribution in [3.05, 3.63) is 28.8 Å². The highest BCUT2D eigenvalue weighted by Gasteiger charge is 2.33. The molecule has 1 aliphatic rings. The van der Waals surface area contributed by atoms with Crippen LogP contribution in [-0.2, 0) is 10.0 Å². The summed E-state index contributed by atoms with van der Waals surface area (Å²) in [5, 5.41) is 0.171. The van der Waals surface area contributed by atoms with E-state index in [1.807, 2.05) is 0 Å². The average molecular weight is 327 g/mol. The Labute approximate surface area is 131 Å². The molecule has 21 heavy (non-hydrogen) atoms. The van der Waals surface area contributed by atoms with Gasteiger partial charge in [0.05, 0.1) is 11.6 Å². The number of sulfonamides is 1. The van der Waals surface area contributed by atoms with Crippen molar-refractivity contribution in [1.82, 2.24) is 4.72 Å². The van der Waals surface area contributed by atoms with E-state index in [1.165, 1.54) is 6.07 Å². The van der Waals surface area contributed by atoms with Gasteiger partial charge in [0.15, 0.2) is 0 Å². The highest BCUT2D eigenvalue weighted by atomic mass is 35.5. The van der Waals surface area contributed by atoms with Gasteiger partial charge in [-0.2, -0.15) is 0 Å². The predicted molar refractivity (Wildman–Crippen MR) is 84.5 cm³/mol. The summed E-state index contributed by atoms with van der Waals surface area (Å²) in [5.74, 6) is 5.53. The topological polar surface area (TPSA) is 72.2 Å². The van der Waals surface area contributed by atoms with Gasteiger partial charge >= 0.3 is 0 Å². The molecule has 0 spiro atoms. The van der Waals surface area contributed by atoms with Crippen molar-refractivity contribution in [1.29, 1.82) is 0 Å². The molecule has 1 aromatic rings. The molecule has 1 fully saturated rings. The lowest BCUT2D eigenvalue weighted by Gasteiger charge is -2.38. The van der Waals surface area contributed by atoms with Crippen LogP contribution in [0.15, 0.2) is 23.1 Å². The van der Waals surface area contributed by atoms with Crippen molar-refractivity contribution in [3.63, 3.8) is 0 Å². The molecule has 0 unspecified atom stereocenters. The fourth-order valence-corrected chi connectivity index (χ4v) is 4.00. The van der Waals surface area contributed by atoms with Gasteiger partial charge in [0.25, 0.3) is 0 Å². The fraction of sp³-hybridized carbons (Fsp3) is 0.467. The second-order valence-electron chi connectivity index (χ2n) is 5.64. The van der Waals surface area contributed by atoms with Crippen molar-refractivity contribution in [2.24, 2.45) is 11.1 Å². The van der Waals surface area contributed by atoms with E-state index in [0.717, 1.165) is 19.3 Å². The van der Waals surface area contributed by atoms with E-state index >= 15 is 0 Å². The van der Waals surface area contributed by atoms with Crippen molar-refractivity contribution in [2.75, 3.05) is 13.1 Å². The fourth-order valence-electron chi connectivity index (χ4n) is 2.25. The molecule has 3 N–H and O–H groups in total. The van der Waals surface area contributed by atoms with Crippen molar-refractivity contribution < 1.29 is 8.42 Å². The molecule has 114 valence electrons. The van der Waals surface area contributed by atoms with Crippen molar-refractivity contribution >= 4 is 21.6 Å². The first-order valence-electron chi connectivity index (χ1n) is 6.84. The van der Waals surface area contributed by atoms with Crippen LogP contribution in [0.1, 0.15) is 31.7 Å². The lowest BCUT2D eigenvalue weighted by atomic mass is 9.71. The minimum absolute atomic E-state index is 0.0755. The van der Waals surface area contributed by atoms with E-state index in [4.69, 9.17) is 17.3 Å². The summed E-state index contributed by atoms with van der Waals surface area (Å²) in [7, 11) is -3.59. The number of benzene rings is 1. The van der Waals surface area contributed by atoms with Crippen LogP contribution >= 0.6 is 11.6 Å². The quantitative estimate of drug-likeness (QED) is 0.832. The van der Waals surface area contributed by atoms with Crippen LogP contribution in [0.25, 0.3) is 0 Å². The van der Waals surface area contributed by atoms with Crippen LogP contribution in [0.2, 0.25) is 5.02 Å². The average Bonchev–Trinajstić information content (AvgIpc) is 2.40. The zero-order valence-corrected chi connectivity index (χ0v) is 13.5. The molecule has 2 rings (SSSR count). The summed E-state index contributed by atoms with van der Waals surface area (Å²) in [6.45, 7) is 2.78. The number of rotatable bonds is 4. The Morgan fingerprint density at radius 3 is 2.67 bits per heavy atom. The second-order valence-corrected chi connectivity index (χ2v) is 7.78. The number of nitrogens with one attached hydrogen (secondary N) is 1. The molecule has 0 aliphatic heterocycles. The minimum atomic E-state index is -3.59. The number of nitrogens with two attached hydrogens (primary N) is 1. The maximum Gasteiger partial charge on any atom is 0.242 e. The molecule has 0 amide bonds. The van der Waals surface area contributed by atoms with Crippen LogP contribution in [0.3, 0.4) is 0 Å². The van der Waals surface area contributed by atoms with Gasteiger partial charge < -0.3 is 5.73 Å². The van der Waals surface area contributed by atoms with E-state index in [0.29, 0.717) is 12.1 Å². The third-order valence-corrected chi connectivity index (χ3v) is 5.69. The lowest BCUT2D eigenvalue weighted by Crippen LogP contribution is -2.39. The first-order valence-corrected chi connectivity index (χ1v) is 8.71. The zero-order valence-electron chi connectivity index (χ0n) is 11.9. The number of halogens is 1. The van der Waals surface area contributed by atoms with Crippen LogP contribution in [0.5, 0.6) is 0 Å². The van der Waals surface area contributed by atoms with Gasteiger partial charge in [-0.1, -0.05) is 36.8 Å². The standard InChI is InChI=1S/C15H19ClN2O2S/c1-15(7-3-8-15)11-18-21(19,20)14-6-5-12(4-2-9-17)10-13(14)16/h5-6,10,18H,3,7-9,11,17H2,1H3. The van der Waals surface area contributed by atoms with E-state index in [-0.39, 0.29) is 21.9 Å². The van der Waals surface area contributed by atoms with Crippen LogP contribution < -0.4 is 10.5 Å². The second kappa shape index (κ2) is 6.37. The van der Waals surface area contributed by atoms with E-state index in [9.17, 15) is 8.42 Å². The summed E-state index contributed by atoms with van der Waals surface area (Å²) >= 11 is 6.07. The molecule has 0 atom stereocenters. The molecule has 6 heteroatoms. The highest BCUT2D eigenvalue weighted by molar-refractivity contribution is 7.89. The summed E-state index contributed by atoms with van der Waals surface area (Å²) in [5.41, 5.74) is 6.02. The molecule has 0 saturated heterocycles. The summed E-state index contributed by atoms with van der Waals surface area (Å²) in [6.07, 6.45) is 3.27. The van der Waals surface area contributed by atoms with E-state index < -0.39 is 10.0 Å². The normalized spacial score (nSPS) is 16.7. The number of hydrogen-bond donors (Lipinski definition) is 2. The third-order valence-electron chi connectivity index (χ3n) is 3.81. The highest BCUT2D eigenvalue weighted by Crippen LogP contribution is 2.39. The molecule has 0 aromatic heterocycles. The predicted octanol–water partition coefficient (Wildman–Crippen LogP) is 2.12. The summed E-state index contributed by atoms with van der Waals surface area (Å²) in [6, 6.07) is 4.66. The molecule has 1 aromatic carbocycles. The van der Waals surface area contributed by atoms with E-state index in [1.54, 1.807) is 12.1 Å². The van der Waals surface area contributed by atoms with Gasteiger partial charge in [-0.15, -0.1) is 0 Å². The largest absolute Gasteiger partial charge is 0.320 e. The Kier molecular flexibility index (Phi) is 4.95. The lowest BCUT2D eigenvalue weighted by molar-refractivity contribution is 0.166. The van der Waals surface area contributed by atoms with Crippen molar-refractivity contribution in [2.45, 2.75) is 31.1 Å². The van der Waals surface area contributed by atoms with Crippen molar-refractivity contribution in [3.8, 4) is 11.8 Å². The molecule has 0 radical (unpaired) electrons. The zero-order chi connectivity index (χ0) is 15.5. The maximum absolute atomic E-state index is 12.3. The van der Waals surface area contributed by atoms with Crippen LogP contribution in [-0.4, -0.2) is 21.5 Å². The maximum atomic E-state index is 12.3. The van der Waals surface area contributed by atoms with Crippen LogP contribution in [0.4, 0.5) is 0 Å². The van der Waals surface area contributed by atoms with Crippen LogP contribution in [0, 0.1) is 17.3 Å². The van der Waals surface area contributed by atoms with Gasteiger partial charge in [-0.25, -0.2) is 13.1 Å². The van der Waals surface area contributed by atoms with Gasteiger partial charge in [-0.3, -0.25) is 0 Å². The molecule has 4 nitrogen and oxygen atoms in total. The van der Waals surface area contributed by atoms with Gasteiger partial charge in [0.1, 0.15) is 4.90 Å². The molecule has 1 saturated carbocycles. The molecule has 0 heterocycles. The SMILES string of the molecule is CC1(CNS(=O)(=O)c2ccc(C#CCN)cc2Cl)CCC1. The third kappa shape index (κ3) is 3.98. The first-order chi connectivity index (χ1) is 9.86. The Bertz CT molecular complexity index is 685. The van der Waals surface area contributed by atoms with Gasteiger partial charge in [-0.05, 0) is 36.5 Å². The Hall–Kier alpha value is -1.06. The smallest absolute Gasteiger partial charge is 0.242 e. The molecular formula is C15H19ClN2O2S. The van der Waals surface area contributed by atoms with Gasteiger partial charge in [0.2, 0.25) is 10.0 Å². The molecule has 0 bridgehead atoms.